The second kappa shape index (κ2) is 10.3. The van der Waals surface area contributed by atoms with Crippen LogP contribution in [0.15, 0.2) is 12.1 Å². The predicted molar refractivity (Wildman–Crippen MR) is 112 cm³/mol. The van der Waals surface area contributed by atoms with Gasteiger partial charge < -0.3 is 19.9 Å². The van der Waals surface area contributed by atoms with Crippen LogP contribution in [0.2, 0.25) is 0 Å². The number of nitrogens with zero attached hydrogens (tertiary/aromatic N) is 4. The van der Waals surface area contributed by atoms with Crippen LogP contribution >= 0.6 is 0 Å². The number of hydrogen-bond donors (Lipinski definition) is 2. The highest BCUT2D eigenvalue weighted by Crippen LogP contribution is 2.30. The van der Waals surface area contributed by atoms with Crippen molar-refractivity contribution in [3.63, 3.8) is 0 Å². The summed E-state index contributed by atoms with van der Waals surface area (Å²) in [5.41, 5.74) is 1.73. The maximum absolute atomic E-state index is 12.6. The maximum atomic E-state index is 12.6. The van der Waals surface area contributed by atoms with Crippen molar-refractivity contribution >= 4 is 12.1 Å². The summed E-state index contributed by atoms with van der Waals surface area (Å²) >= 11 is 0. The van der Waals surface area contributed by atoms with Crippen LogP contribution in [0.1, 0.15) is 44.0 Å². The Morgan fingerprint density at radius 1 is 1.32 bits per heavy atom. The van der Waals surface area contributed by atoms with E-state index in [0.717, 1.165) is 19.8 Å². The molecular formula is C21H26F3N5O5. The first-order valence-electron chi connectivity index (χ1n) is 10.7. The van der Waals surface area contributed by atoms with Gasteiger partial charge in [0.2, 0.25) is 0 Å². The zero-order chi connectivity index (χ0) is 25.0. The zero-order valence-electron chi connectivity index (χ0n) is 18.9. The Balaban J connectivity index is 1.68. The number of ether oxygens (including phenoxy) is 2. The van der Waals surface area contributed by atoms with E-state index in [1.165, 1.54) is 4.68 Å². The molecule has 0 aliphatic heterocycles. The minimum atomic E-state index is -4.66. The van der Waals surface area contributed by atoms with Crippen LogP contribution in [0.5, 0.6) is 5.75 Å². The minimum absolute atomic E-state index is 0.181. The highest BCUT2D eigenvalue weighted by Gasteiger charge is 2.39. The van der Waals surface area contributed by atoms with Gasteiger partial charge >= 0.3 is 18.2 Å². The van der Waals surface area contributed by atoms with Crippen molar-refractivity contribution in [2.45, 2.75) is 64.5 Å². The second-order valence-electron chi connectivity index (χ2n) is 8.17. The Bertz CT molecular complexity index is 1040. The Kier molecular flexibility index (Phi) is 7.62. The van der Waals surface area contributed by atoms with Crippen LogP contribution in [-0.4, -0.2) is 55.5 Å². The van der Waals surface area contributed by atoms with Crippen molar-refractivity contribution in [3.8, 4) is 17.1 Å². The lowest BCUT2D eigenvalue weighted by molar-refractivity contribution is -0.197. The molecule has 1 aliphatic carbocycles. The van der Waals surface area contributed by atoms with Crippen molar-refractivity contribution in [3.05, 3.63) is 23.5 Å². The SMILES string of the molecule is Cc1nc(-c2nnn(C)c2CNC(=O)O[C@@H](C)C(F)(F)F)ccc1O[C@H]1CCC[C@H](C(=O)O)C1. The largest absolute Gasteiger partial charge is 0.489 e. The molecule has 186 valence electrons. The number of halogens is 3. The number of alkyl carbamates (subject to hydrolysis) is 1. The number of rotatable bonds is 7. The van der Waals surface area contributed by atoms with Gasteiger partial charge in [0.1, 0.15) is 11.4 Å². The minimum Gasteiger partial charge on any atom is -0.489 e. The smallest absolute Gasteiger partial charge is 0.425 e. The van der Waals surface area contributed by atoms with Crippen LogP contribution < -0.4 is 10.1 Å². The van der Waals surface area contributed by atoms with Crippen molar-refractivity contribution in [2.24, 2.45) is 13.0 Å². The van der Waals surface area contributed by atoms with E-state index in [2.05, 4.69) is 25.3 Å². The van der Waals surface area contributed by atoms with Crippen LogP contribution in [-0.2, 0) is 23.1 Å². The number of pyridine rings is 1. The summed E-state index contributed by atoms with van der Waals surface area (Å²) in [7, 11) is 1.57. The summed E-state index contributed by atoms with van der Waals surface area (Å²) in [6.45, 7) is 2.29. The molecule has 2 aromatic heterocycles. The van der Waals surface area contributed by atoms with E-state index in [9.17, 15) is 27.9 Å². The lowest BCUT2D eigenvalue weighted by atomic mass is 9.87. The Morgan fingerprint density at radius 3 is 2.71 bits per heavy atom. The Hall–Kier alpha value is -3.38. The molecule has 34 heavy (non-hydrogen) atoms. The fourth-order valence-electron chi connectivity index (χ4n) is 3.66. The third-order valence-electron chi connectivity index (χ3n) is 5.64. The van der Waals surface area contributed by atoms with E-state index in [1.54, 1.807) is 26.1 Å². The van der Waals surface area contributed by atoms with Crippen molar-refractivity contribution in [2.75, 3.05) is 0 Å². The first kappa shape index (κ1) is 25.2. The van der Waals surface area contributed by atoms with Gasteiger partial charge in [-0.05, 0) is 51.7 Å². The quantitative estimate of drug-likeness (QED) is 0.611. The van der Waals surface area contributed by atoms with Crippen molar-refractivity contribution in [1.82, 2.24) is 25.3 Å². The monoisotopic (exact) mass is 485 g/mol. The Labute approximate surface area is 193 Å². The molecular weight excluding hydrogens is 459 g/mol. The van der Waals surface area contributed by atoms with Gasteiger partial charge in [0.15, 0.2) is 6.10 Å². The summed E-state index contributed by atoms with van der Waals surface area (Å²) < 4.78 is 49.4. The van der Waals surface area contributed by atoms with Gasteiger partial charge in [0.25, 0.3) is 0 Å². The molecule has 13 heteroatoms. The average molecular weight is 485 g/mol. The summed E-state index contributed by atoms with van der Waals surface area (Å²) in [4.78, 5) is 27.5. The van der Waals surface area contributed by atoms with E-state index >= 15 is 0 Å². The molecule has 1 fully saturated rings. The fourth-order valence-corrected chi connectivity index (χ4v) is 3.66. The normalized spacial score (nSPS) is 19.4. The number of aryl methyl sites for hydroxylation is 2. The third-order valence-corrected chi connectivity index (χ3v) is 5.64. The van der Waals surface area contributed by atoms with Crippen molar-refractivity contribution < 1.29 is 37.3 Å². The third kappa shape index (κ3) is 6.14. The first-order valence-corrected chi connectivity index (χ1v) is 10.7. The molecule has 2 N–H and O–H groups in total. The summed E-state index contributed by atoms with van der Waals surface area (Å²) in [6, 6.07) is 3.35. The maximum Gasteiger partial charge on any atom is 0.425 e. The van der Waals surface area contributed by atoms with Crippen LogP contribution in [0.3, 0.4) is 0 Å². The summed E-state index contributed by atoms with van der Waals surface area (Å²) in [6.07, 6.45) is -5.76. The second-order valence-corrected chi connectivity index (χ2v) is 8.17. The summed E-state index contributed by atoms with van der Waals surface area (Å²) in [5.74, 6) is -0.723. The number of alkyl halides is 3. The lowest BCUT2D eigenvalue weighted by Crippen LogP contribution is -2.35. The number of hydrogen-bond acceptors (Lipinski definition) is 7. The predicted octanol–water partition coefficient (Wildman–Crippen LogP) is 3.38. The number of carboxylic acids is 1. The van der Waals surface area contributed by atoms with E-state index in [-0.39, 0.29) is 12.6 Å². The van der Waals surface area contributed by atoms with Crippen molar-refractivity contribution in [1.29, 1.82) is 0 Å². The van der Waals surface area contributed by atoms with Gasteiger partial charge in [-0.25, -0.2) is 14.5 Å². The number of aromatic nitrogens is 4. The van der Waals surface area contributed by atoms with Gasteiger partial charge in [-0.2, -0.15) is 13.2 Å². The number of nitrogens with one attached hydrogen (secondary N) is 1. The lowest BCUT2D eigenvalue weighted by Gasteiger charge is -2.27. The molecule has 1 amide bonds. The van der Waals surface area contributed by atoms with Gasteiger partial charge in [-0.15, -0.1) is 5.10 Å². The van der Waals surface area contributed by atoms with E-state index in [0.29, 0.717) is 41.4 Å². The Morgan fingerprint density at radius 2 is 2.06 bits per heavy atom. The van der Waals surface area contributed by atoms with Crippen LogP contribution in [0.4, 0.5) is 18.0 Å². The first-order chi connectivity index (χ1) is 16.0. The van der Waals surface area contributed by atoms with Crippen LogP contribution in [0.25, 0.3) is 11.4 Å². The van der Waals surface area contributed by atoms with Gasteiger partial charge in [-0.1, -0.05) is 5.21 Å². The molecule has 3 atom stereocenters. The molecule has 0 bridgehead atoms. The van der Waals surface area contributed by atoms with E-state index < -0.39 is 30.3 Å². The van der Waals surface area contributed by atoms with Crippen LogP contribution in [0, 0.1) is 12.8 Å². The number of carboxylic acid groups (broad SMARTS) is 1. The molecule has 1 aliphatic rings. The molecule has 0 saturated heterocycles. The zero-order valence-corrected chi connectivity index (χ0v) is 18.9. The number of carbonyl (C=O) groups is 2. The molecule has 2 heterocycles. The molecule has 3 rings (SSSR count). The molecule has 1 saturated carbocycles. The fraction of sp³-hybridized carbons (Fsp3) is 0.571. The summed E-state index contributed by atoms with van der Waals surface area (Å²) in [5, 5.41) is 19.5. The van der Waals surface area contributed by atoms with Gasteiger partial charge in [0, 0.05) is 7.05 Å². The molecule has 10 nitrogen and oxygen atoms in total. The number of amides is 1. The van der Waals surface area contributed by atoms with Gasteiger partial charge in [-0.3, -0.25) is 4.79 Å². The highest BCUT2D eigenvalue weighted by atomic mass is 19.4. The molecule has 2 aromatic rings. The standard InChI is InChI=1S/C21H26F3N5O5/c1-11-17(34-14-6-4-5-13(9-14)19(30)31)8-7-15(26-11)18-16(29(3)28-27-18)10-25-20(32)33-12(2)21(22,23)24/h7-8,12-14H,4-6,9-10H2,1-3H3,(H,25,32)(H,30,31)/t12-,13-,14-/m0/s1. The number of carbonyl (C=O) groups excluding carboxylic acids is 1. The molecule has 0 spiro atoms. The molecule has 0 unspecified atom stereocenters. The van der Waals surface area contributed by atoms with E-state index in [1.807, 2.05) is 0 Å². The topological polar surface area (TPSA) is 128 Å². The molecule has 0 aromatic carbocycles. The van der Waals surface area contributed by atoms with E-state index in [4.69, 9.17) is 4.74 Å². The van der Waals surface area contributed by atoms with Gasteiger partial charge in [0.05, 0.1) is 35.6 Å². The number of aliphatic carboxylic acids is 1. The molecule has 0 radical (unpaired) electrons. The average Bonchev–Trinajstić information content (AvgIpc) is 3.13. The highest BCUT2D eigenvalue weighted by molar-refractivity contribution is 5.70.